The second-order valence-electron chi connectivity index (χ2n) is 3.65. The first-order chi connectivity index (χ1) is 7.25. The number of hydrogen-bond acceptors (Lipinski definition) is 2. The Hall–Kier alpha value is -1.42. The Labute approximate surface area is 87.7 Å². The highest BCUT2D eigenvalue weighted by Gasteiger charge is 2.28. The normalized spacial score (nSPS) is 25.1. The van der Waals surface area contributed by atoms with E-state index in [0.29, 0.717) is 0 Å². The molecule has 2 rings (SSSR count). The van der Waals surface area contributed by atoms with Gasteiger partial charge in [0.15, 0.2) is 0 Å². The summed E-state index contributed by atoms with van der Waals surface area (Å²) in [6.45, 7) is 0.271. The smallest absolute Gasteiger partial charge is 0.241 e. The summed E-state index contributed by atoms with van der Waals surface area (Å²) < 4.78 is 12.8. The van der Waals surface area contributed by atoms with Crippen LogP contribution in [-0.4, -0.2) is 24.7 Å². The van der Waals surface area contributed by atoms with Gasteiger partial charge >= 0.3 is 0 Å². The summed E-state index contributed by atoms with van der Waals surface area (Å²) >= 11 is 0. The molecular weight excluding hydrogens is 195 g/mol. The van der Waals surface area contributed by atoms with E-state index in [2.05, 4.69) is 10.6 Å². The second kappa shape index (κ2) is 4.40. The van der Waals surface area contributed by atoms with Crippen LogP contribution in [0.25, 0.3) is 0 Å². The minimum absolute atomic E-state index is 0.165. The summed E-state index contributed by atoms with van der Waals surface area (Å²) in [5.41, 5.74) is 0.742. The lowest BCUT2D eigenvalue weighted by molar-refractivity contribution is -0.117. The Morgan fingerprint density at radius 1 is 1.40 bits per heavy atom. The fourth-order valence-corrected chi connectivity index (χ4v) is 1.64. The molecule has 1 aromatic carbocycles. The molecule has 2 atom stereocenters. The molecule has 0 aliphatic carbocycles. The standard InChI is InChI=1S/C11H13FN2O/c12-8-6-10(13-7-8)11(15)14-9-4-2-1-3-5-9/h1-5,8,10,13H,6-7H2,(H,14,15)/t8-,10+/m0/s1. The summed E-state index contributed by atoms with van der Waals surface area (Å²) in [7, 11) is 0. The van der Waals surface area contributed by atoms with Crippen molar-refractivity contribution in [1.82, 2.24) is 5.32 Å². The molecule has 1 aliphatic rings. The molecule has 0 aromatic heterocycles. The van der Waals surface area contributed by atoms with Gasteiger partial charge in [0.2, 0.25) is 5.91 Å². The average molecular weight is 208 g/mol. The van der Waals surface area contributed by atoms with Gasteiger partial charge in [0.1, 0.15) is 6.17 Å². The molecule has 0 saturated carbocycles. The summed E-state index contributed by atoms with van der Waals surface area (Å²) in [6.07, 6.45) is -0.643. The predicted octanol–water partition coefficient (Wildman–Crippen LogP) is 1.33. The topological polar surface area (TPSA) is 41.1 Å². The Bertz CT molecular complexity index is 342. The number of carbonyl (C=O) groups excluding carboxylic acids is 1. The van der Waals surface area contributed by atoms with Crippen LogP contribution in [0.3, 0.4) is 0 Å². The van der Waals surface area contributed by atoms with E-state index in [0.717, 1.165) is 5.69 Å². The number of para-hydroxylation sites is 1. The molecule has 0 spiro atoms. The van der Waals surface area contributed by atoms with E-state index >= 15 is 0 Å². The molecule has 1 aliphatic heterocycles. The number of hydrogen-bond donors (Lipinski definition) is 2. The van der Waals surface area contributed by atoms with Crippen LogP contribution in [0.1, 0.15) is 6.42 Å². The summed E-state index contributed by atoms with van der Waals surface area (Å²) in [6, 6.07) is 8.77. The van der Waals surface area contributed by atoms with E-state index in [1.165, 1.54) is 0 Å². The maximum atomic E-state index is 12.8. The first-order valence-electron chi connectivity index (χ1n) is 4.99. The van der Waals surface area contributed by atoms with Gasteiger partial charge in [-0.2, -0.15) is 0 Å². The zero-order valence-electron chi connectivity index (χ0n) is 8.24. The number of carbonyl (C=O) groups is 1. The van der Waals surface area contributed by atoms with Gasteiger partial charge in [0, 0.05) is 18.7 Å². The molecule has 1 amide bonds. The largest absolute Gasteiger partial charge is 0.325 e. The molecular formula is C11H13FN2O. The van der Waals surface area contributed by atoms with Crippen LogP contribution in [0, 0.1) is 0 Å². The lowest BCUT2D eigenvalue weighted by atomic mass is 10.2. The van der Waals surface area contributed by atoms with Gasteiger partial charge in [-0.3, -0.25) is 4.79 Å². The monoisotopic (exact) mass is 208 g/mol. The number of amides is 1. The zero-order chi connectivity index (χ0) is 10.7. The Balaban J connectivity index is 1.93. The minimum Gasteiger partial charge on any atom is -0.325 e. The summed E-state index contributed by atoms with van der Waals surface area (Å²) in [4.78, 5) is 11.6. The van der Waals surface area contributed by atoms with Crippen molar-refractivity contribution in [1.29, 1.82) is 0 Å². The molecule has 2 N–H and O–H groups in total. The summed E-state index contributed by atoms with van der Waals surface area (Å²) in [5, 5.41) is 5.58. The number of rotatable bonds is 2. The number of anilines is 1. The Kier molecular flexibility index (Phi) is 2.97. The van der Waals surface area contributed by atoms with E-state index in [9.17, 15) is 9.18 Å². The average Bonchev–Trinajstić information content (AvgIpc) is 2.66. The SMILES string of the molecule is O=C(Nc1ccccc1)[C@H]1C[C@H](F)CN1. The van der Waals surface area contributed by atoms with Gasteiger partial charge in [-0.15, -0.1) is 0 Å². The molecule has 15 heavy (non-hydrogen) atoms. The van der Waals surface area contributed by atoms with Crippen LogP contribution in [-0.2, 0) is 4.79 Å². The fourth-order valence-electron chi connectivity index (χ4n) is 1.64. The van der Waals surface area contributed by atoms with E-state index in [4.69, 9.17) is 0 Å². The second-order valence-corrected chi connectivity index (χ2v) is 3.65. The summed E-state index contributed by atoms with van der Waals surface area (Å²) in [5.74, 6) is -0.165. The zero-order valence-corrected chi connectivity index (χ0v) is 8.24. The van der Waals surface area contributed by atoms with Gasteiger partial charge in [0.25, 0.3) is 0 Å². The van der Waals surface area contributed by atoms with Crippen molar-refractivity contribution in [3.8, 4) is 0 Å². The first-order valence-corrected chi connectivity index (χ1v) is 4.99. The molecule has 80 valence electrons. The van der Waals surface area contributed by atoms with Crippen molar-refractivity contribution in [3.05, 3.63) is 30.3 Å². The van der Waals surface area contributed by atoms with E-state index in [1.807, 2.05) is 18.2 Å². The quantitative estimate of drug-likeness (QED) is 0.769. The molecule has 4 heteroatoms. The van der Waals surface area contributed by atoms with Crippen LogP contribution in [0.2, 0.25) is 0 Å². The molecule has 0 unspecified atom stereocenters. The van der Waals surface area contributed by atoms with Crippen molar-refractivity contribution in [2.75, 3.05) is 11.9 Å². The van der Waals surface area contributed by atoms with Crippen LogP contribution in [0.5, 0.6) is 0 Å². The van der Waals surface area contributed by atoms with E-state index in [1.54, 1.807) is 12.1 Å². The molecule has 1 saturated heterocycles. The molecule has 1 aromatic rings. The third-order valence-electron chi connectivity index (χ3n) is 2.44. The highest BCUT2D eigenvalue weighted by Crippen LogP contribution is 2.12. The Morgan fingerprint density at radius 3 is 2.73 bits per heavy atom. The van der Waals surface area contributed by atoms with Crippen LogP contribution < -0.4 is 10.6 Å². The van der Waals surface area contributed by atoms with Crippen LogP contribution in [0.15, 0.2) is 30.3 Å². The molecule has 0 radical (unpaired) electrons. The number of nitrogens with one attached hydrogen (secondary N) is 2. The number of benzene rings is 1. The number of halogens is 1. The lowest BCUT2D eigenvalue weighted by Crippen LogP contribution is -2.35. The van der Waals surface area contributed by atoms with Gasteiger partial charge in [-0.25, -0.2) is 4.39 Å². The highest BCUT2D eigenvalue weighted by atomic mass is 19.1. The predicted molar refractivity (Wildman–Crippen MR) is 56.4 cm³/mol. The molecule has 0 bridgehead atoms. The third kappa shape index (κ3) is 2.53. The molecule has 1 heterocycles. The number of alkyl halides is 1. The maximum absolute atomic E-state index is 12.8. The minimum atomic E-state index is -0.906. The van der Waals surface area contributed by atoms with Gasteiger partial charge in [0.05, 0.1) is 6.04 Å². The van der Waals surface area contributed by atoms with E-state index in [-0.39, 0.29) is 18.9 Å². The molecule has 3 nitrogen and oxygen atoms in total. The Morgan fingerprint density at radius 2 is 2.13 bits per heavy atom. The van der Waals surface area contributed by atoms with Crippen molar-refractivity contribution in [2.45, 2.75) is 18.6 Å². The van der Waals surface area contributed by atoms with Gasteiger partial charge < -0.3 is 10.6 Å². The van der Waals surface area contributed by atoms with Crippen molar-refractivity contribution in [2.24, 2.45) is 0 Å². The highest BCUT2D eigenvalue weighted by molar-refractivity contribution is 5.95. The maximum Gasteiger partial charge on any atom is 0.241 e. The van der Waals surface area contributed by atoms with Crippen LogP contribution in [0.4, 0.5) is 10.1 Å². The van der Waals surface area contributed by atoms with Crippen molar-refractivity contribution in [3.63, 3.8) is 0 Å². The third-order valence-corrected chi connectivity index (χ3v) is 2.44. The van der Waals surface area contributed by atoms with Crippen molar-refractivity contribution >= 4 is 11.6 Å². The fraction of sp³-hybridized carbons (Fsp3) is 0.364. The van der Waals surface area contributed by atoms with Crippen molar-refractivity contribution < 1.29 is 9.18 Å². The van der Waals surface area contributed by atoms with Gasteiger partial charge in [-0.05, 0) is 12.1 Å². The molecule has 1 fully saturated rings. The van der Waals surface area contributed by atoms with E-state index < -0.39 is 12.2 Å². The van der Waals surface area contributed by atoms with Gasteiger partial charge in [-0.1, -0.05) is 18.2 Å². The van der Waals surface area contributed by atoms with Crippen LogP contribution >= 0.6 is 0 Å². The first kappa shape index (κ1) is 10.1. The lowest BCUT2D eigenvalue weighted by Gasteiger charge is -2.10.